The SMILES string of the molecule is CC1(C)[C@@H]2CC[C@@](C)(C2)[C@@H]1NC(=O)c1nn(-c2ccc(Cl)c(Cl)c2)c2c1CCCC2. The van der Waals surface area contributed by atoms with Crippen molar-refractivity contribution in [1.82, 2.24) is 15.1 Å². The van der Waals surface area contributed by atoms with Crippen molar-refractivity contribution in [3.05, 3.63) is 45.2 Å². The second-order valence-electron chi connectivity index (χ2n) is 10.3. The van der Waals surface area contributed by atoms with Gasteiger partial charge in [0.15, 0.2) is 5.69 Å². The maximum atomic E-state index is 13.5. The van der Waals surface area contributed by atoms with E-state index in [1.165, 1.54) is 19.3 Å². The van der Waals surface area contributed by atoms with Crippen molar-refractivity contribution < 1.29 is 4.79 Å². The first-order chi connectivity index (χ1) is 14.2. The third-order valence-corrected chi connectivity index (χ3v) is 8.83. The molecule has 1 amide bonds. The number of nitrogens with zero attached hydrogens (tertiary/aromatic N) is 2. The Morgan fingerprint density at radius 2 is 1.93 bits per heavy atom. The van der Waals surface area contributed by atoms with Gasteiger partial charge in [0.2, 0.25) is 0 Å². The van der Waals surface area contributed by atoms with Crippen molar-refractivity contribution in [2.24, 2.45) is 16.7 Å². The van der Waals surface area contributed by atoms with Gasteiger partial charge in [-0.25, -0.2) is 4.68 Å². The van der Waals surface area contributed by atoms with Gasteiger partial charge in [-0.3, -0.25) is 4.79 Å². The van der Waals surface area contributed by atoms with Crippen molar-refractivity contribution in [3.63, 3.8) is 0 Å². The summed E-state index contributed by atoms with van der Waals surface area (Å²) in [5.74, 6) is 0.661. The smallest absolute Gasteiger partial charge is 0.272 e. The summed E-state index contributed by atoms with van der Waals surface area (Å²) in [4.78, 5) is 13.5. The average Bonchev–Trinajstić information content (AvgIpc) is 3.34. The number of hydrogen-bond donors (Lipinski definition) is 1. The predicted octanol–water partition coefficient (Wildman–Crippen LogP) is 6.00. The molecule has 0 spiro atoms. The largest absolute Gasteiger partial charge is 0.347 e. The minimum Gasteiger partial charge on any atom is -0.347 e. The number of aromatic nitrogens is 2. The van der Waals surface area contributed by atoms with Crippen LogP contribution < -0.4 is 5.32 Å². The fraction of sp³-hybridized carbons (Fsp3) is 0.583. The number of benzene rings is 1. The summed E-state index contributed by atoms with van der Waals surface area (Å²) < 4.78 is 1.90. The van der Waals surface area contributed by atoms with Crippen LogP contribution in [-0.2, 0) is 12.8 Å². The van der Waals surface area contributed by atoms with E-state index in [1.54, 1.807) is 6.07 Å². The predicted molar refractivity (Wildman–Crippen MR) is 121 cm³/mol. The first-order valence-electron chi connectivity index (χ1n) is 11.1. The van der Waals surface area contributed by atoms with Crippen LogP contribution >= 0.6 is 23.2 Å². The van der Waals surface area contributed by atoms with Crippen LogP contribution in [0.5, 0.6) is 0 Å². The Morgan fingerprint density at radius 3 is 2.63 bits per heavy atom. The number of fused-ring (bicyclic) bond motifs is 3. The average molecular weight is 446 g/mol. The molecule has 1 N–H and O–H groups in total. The Bertz CT molecular complexity index is 1020. The molecule has 4 nitrogen and oxygen atoms in total. The van der Waals surface area contributed by atoms with E-state index < -0.39 is 0 Å². The lowest BCUT2D eigenvalue weighted by atomic mass is 9.68. The van der Waals surface area contributed by atoms with E-state index in [9.17, 15) is 4.79 Å². The molecule has 3 aliphatic carbocycles. The van der Waals surface area contributed by atoms with Crippen molar-refractivity contribution in [1.29, 1.82) is 0 Å². The van der Waals surface area contributed by atoms with Gasteiger partial charge in [0.1, 0.15) is 0 Å². The molecule has 2 bridgehead atoms. The molecule has 1 heterocycles. The van der Waals surface area contributed by atoms with E-state index >= 15 is 0 Å². The molecule has 0 unspecified atom stereocenters. The number of nitrogens with one attached hydrogen (secondary N) is 1. The molecular formula is C24H29Cl2N3O. The lowest BCUT2D eigenvalue weighted by Gasteiger charge is -2.43. The van der Waals surface area contributed by atoms with Crippen molar-refractivity contribution >= 4 is 29.1 Å². The van der Waals surface area contributed by atoms with Crippen LogP contribution in [0.2, 0.25) is 10.0 Å². The summed E-state index contributed by atoms with van der Waals surface area (Å²) in [6.45, 7) is 6.98. The standard InChI is InChI=1S/C24H29Cl2N3O/c1-23(2)14-10-11-24(3,13-14)22(23)27-21(30)20-16-6-4-5-7-19(16)29(28-20)15-8-9-17(25)18(26)12-15/h8-9,12,14,22H,4-7,10-11,13H2,1-3H3,(H,27,30)/t14-,22-,24+/m1/s1. The molecule has 0 radical (unpaired) electrons. The number of carbonyl (C=O) groups excluding carboxylic acids is 1. The number of amides is 1. The van der Waals surface area contributed by atoms with Crippen LogP contribution in [0.4, 0.5) is 0 Å². The Hall–Kier alpha value is -1.52. The second kappa shape index (κ2) is 7.00. The molecule has 1 aromatic heterocycles. The Balaban J connectivity index is 1.51. The molecule has 3 atom stereocenters. The quantitative estimate of drug-likeness (QED) is 0.629. The van der Waals surface area contributed by atoms with Crippen LogP contribution in [0.1, 0.15) is 74.6 Å². The summed E-state index contributed by atoms with van der Waals surface area (Å²) >= 11 is 12.4. The molecule has 1 aromatic carbocycles. The fourth-order valence-electron chi connectivity index (χ4n) is 6.47. The van der Waals surface area contributed by atoms with E-state index in [4.69, 9.17) is 28.3 Å². The van der Waals surface area contributed by atoms with Gasteiger partial charge in [0.05, 0.1) is 15.7 Å². The van der Waals surface area contributed by atoms with Gasteiger partial charge < -0.3 is 5.32 Å². The van der Waals surface area contributed by atoms with Crippen LogP contribution in [0.25, 0.3) is 5.69 Å². The van der Waals surface area contributed by atoms with Crippen molar-refractivity contribution in [2.75, 3.05) is 0 Å². The molecule has 6 heteroatoms. The highest BCUT2D eigenvalue weighted by Gasteiger charge is 2.59. The van der Waals surface area contributed by atoms with Crippen LogP contribution in [0.15, 0.2) is 18.2 Å². The van der Waals surface area contributed by atoms with Gasteiger partial charge in [-0.2, -0.15) is 5.10 Å². The highest BCUT2D eigenvalue weighted by molar-refractivity contribution is 6.42. The lowest BCUT2D eigenvalue weighted by Crippen LogP contribution is -2.52. The normalized spacial score (nSPS) is 29.1. The van der Waals surface area contributed by atoms with E-state index in [0.717, 1.165) is 42.6 Å². The summed E-state index contributed by atoms with van der Waals surface area (Å²) in [6.07, 6.45) is 7.70. The molecule has 30 heavy (non-hydrogen) atoms. The minimum atomic E-state index is -0.0289. The molecular weight excluding hydrogens is 417 g/mol. The Kier molecular flexibility index (Phi) is 4.75. The van der Waals surface area contributed by atoms with Crippen LogP contribution in [0.3, 0.4) is 0 Å². The van der Waals surface area contributed by atoms with E-state index in [-0.39, 0.29) is 22.8 Å². The summed E-state index contributed by atoms with van der Waals surface area (Å²) in [5, 5.41) is 9.26. The topological polar surface area (TPSA) is 46.9 Å². The van der Waals surface area contributed by atoms with Gasteiger partial charge >= 0.3 is 0 Å². The Labute approximate surface area is 188 Å². The summed E-state index contributed by atoms with van der Waals surface area (Å²) in [7, 11) is 0. The molecule has 160 valence electrons. The van der Waals surface area contributed by atoms with E-state index in [2.05, 4.69) is 26.1 Å². The van der Waals surface area contributed by atoms with Gasteiger partial charge in [0, 0.05) is 17.3 Å². The number of halogens is 2. The first-order valence-corrected chi connectivity index (χ1v) is 11.8. The molecule has 0 saturated heterocycles. The lowest BCUT2D eigenvalue weighted by molar-refractivity contribution is 0.0732. The molecule has 3 aliphatic rings. The Morgan fingerprint density at radius 1 is 1.17 bits per heavy atom. The zero-order valence-electron chi connectivity index (χ0n) is 17.9. The molecule has 2 saturated carbocycles. The number of rotatable bonds is 3. The highest BCUT2D eigenvalue weighted by atomic mass is 35.5. The third-order valence-electron chi connectivity index (χ3n) is 8.09. The molecule has 2 fully saturated rings. The monoisotopic (exact) mass is 445 g/mol. The molecule has 0 aliphatic heterocycles. The first kappa shape index (κ1) is 20.4. The van der Waals surface area contributed by atoms with Crippen LogP contribution in [0, 0.1) is 16.7 Å². The summed E-state index contributed by atoms with van der Waals surface area (Å²) in [5.41, 5.74) is 3.97. The highest BCUT2D eigenvalue weighted by Crippen LogP contribution is 2.62. The van der Waals surface area contributed by atoms with Crippen molar-refractivity contribution in [2.45, 2.75) is 71.8 Å². The minimum absolute atomic E-state index is 0.0289. The maximum Gasteiger partial charge on any atom is 0.272 e. The second-order valence-corrected chi connectivity index (χ2v) is 11.1. The van der Waals surface area contributed by atoms with Crippen LogP contribution in [-0.4, -0.2) is 21.7 Å². The van der Waals surface area contributed by atoms with Crippen molar-refractivity contribution in [3.8, 4) is 5.69 Å². The maximum absolute atomic E-state index is 13.5. The molecule has 5 rings (SSSR count). The summed E-state index contributed by atoms with van der Waals surface area (Å²) in [6, 6.07) is 5.71. The zero-order valence-corrected chi connectivity index (χ0v) is 19.4. The van der Waals surface area contributed by atoms with Gasteiger partial charge in [-0.1, -0.05) is 44.0 Å². The van der Waals surface area contributed by atoms with Gasteiger partial charge in [0.25, 0.3) is 5.91 Å². The number of hydrogen-bond acceptors (Lipinski definition) is 2. The number of carbonyl (C=O) groups is 1. The van der Waals surface area contributed by atoms with Gasteiger partial charge in [-0.05, 0) is 79.9 Å². The van der Waals surface area contributed by atoms with Gasteiger partial charge in [-0.15, -0.1) is 0 Å². The van der Waals surface area contributed by atoms with E-state index in [1.807, 2.05) is 16.8 Å². The zero-order chi connectivity index (χ0) is 21.3. The molecule has 2 aromatic rings. The van der Waals surface area contributed by atoms with E-state index in [0.29, 0.717) is 21.7 Å². The third kappa shape index (κ3) is 3.02. The fourth-order valence-corrected chi connectivity index (χ4v) is 6.77.